The summed E-state index contributed by atoms with van der Waals surface area (Å²) in [4.78, 5) is 41.0. The fraction of sp³-hybridized carbons (Fsp3) is 0.194. The van der Waals surface area contributed by atoms with Crippen molar-refractivity contribution in [1.29, 1.82) is 0 Å². The van der Waals surface area contributed by atoms with Crippen molar-refractivity contribution in [3.05, 3.63) is 107 Å². The second-order valence-electron chi connectivity index (χ2n) is 9.26. The van der Waals surface area contributed by atoms with Crippen LogP contribution in [-0.2, 0) is 9.53 Å². The first-order chi connectivity index (χ1) is 18.8. The number of esters is 1. The quantitative estimate of drug-likeness (QED) is 0.219. The van der Waals surface area contributed by atoms with Crippen molar-refractivity contribution in [2.45, 2.75) is 26.3 Å². The molecule has 39 heavy (non-hydrogen) atoms. The van der Waals surface area contributed by atoms with Gasteiger partial charge in [0.15, 0.2) is 22.9 Å². The maximum atomic E-state index is 13.9. The van der Waals surface area contributed by atoms with Gasteiger partial charge in [0.2, 0.25) is 5.78 Å². The number of aliphatic hydroxyl groups excluding tert-OH is 1. The van der Waals surface area contributed by atoms with Gasteiger partial charge in [-0.3, -0.25) is 14.5 Å². The van der Waals surface area contributed by atoms with E-state index in [1.807, 2.05) is 32.0 Å². The number of aryl methyl sites for hydroxylation is 1. The van der Waals surface area contributed by atoms with Crippen molar-refractivity contribution in [2.75, 3.05) is 18.6 Å². The highest BCUT2D eigenvalue weighted by atomic mass is 16.5. The number of anilines is 1. The Morgan fingerprint density at radius 3 is 2.46 bits per heavy atom. The zero-order chi connectivity index (χ0) is 27.7. The van der Waals surface area contributed by atoms with Crippen LogP contribution < -0.4 is 9.64 Å². The van der Waals surface area contributed by atoms with Crippen molar-refractivity contribution in [3.8, 4) is 5.75 Å². The Morgan fingerprint density at radius 1 is 1.03 bits per heavy atom. The van der Waals surface area contributed by atoms with Crippen LogP contribution in [0.3, 0.4) is 0 Å². The van der Waals surface area contributed by atoms with E-state index in [0.717, 1.165) is 5.56 Å². The Kier molecular flexibility index (Phi) is 6.94. The van der Waals surface area contributed by atoms with Crippen LogP contribution in [0.1, 0.15) is 51.4 Å². The molecule has 0 radical (unpaired) electrons. The predicted octanol–water partition coefficient (Wildman–Crippen LogP) is 6.10. The van der Waals surface area contributed by atoms with Crippen LogP contribution in [0.5, 0.6) is 5.75 Å². The maximum absolute atomic E-state index is 13.9. The van der Waals surface area contributed by atoms with Gasteiger partial charge in [-0.1, -0.05) is 48.9 Å². The minimum Gasteiger partial charge on any atom is -0.503 e. The van der Waals surface area contributed by atoms with Gasteiger partial charge >= 0.3 is 5.97 Å². The molecule has 8 heteroatoms. The number of amides is 1. The number of ketones is 1. The van der Waals surface area contributed by atoms with Gasteiger partial charge < -0.3 is 19.0 Å². The first-order valence-electron chi connectivity index (χ1n) is 12.6. The van der Waals surface area contributed by atoms with Crippen molar-refractivity contribution in [2.24, 2.45) is 0 Å². The molecule has 8 nitrogen and oxygen atoms in total. The minimum absolute atomic E-state index is 0.0302. The van der Waals surface area contributed by atoms with E-state index in [-0.39, 0.29) is 11.3 Å². The third-order valence-electron chi connectivity index (χ3n) is 6.58. The van der Waals surface area contributed by atoms with E-state index in [9.17, 15) is 19.5 Å². The summed E-state index contributed by atoms with van der Waals surface area (Å²) in [5.41, 5.74) is 2.57. The monoisotopic (exact) mass is 525 g/mol. The molecule has 1 unspecified atom stereocenters. The standard InChI is InChI=1S/C31H27NO7/c1-4-15-38-31(36)19-11-13-22(14-12-19)32-26(20-8-5-7-18(2)16-20)25(28(34)30(32)35)27(33)24-17-21-9-6-10-23(37-3)29(21)39-24/h5-14,16-17,26,34H,4,15H2,1-3H3. The van der Waals surface area contributed by atoms with Crippen LogP contribution in [0, 0.1) is 6.92 Å². The predicted molar refractivity (Wildman–Crippen MR) is 145 cm³/mol. The number of furan rings is 1. The molecule has 2 heterocycles. The van der Waals surface area contributed by atoms with E-state index in [4.69, 9.17) is 13.9 Å². The highest BCUT2D eigenvalue weighted by molar-refractivity contribution is 6.20. The molecule has 4 aromatic rings. The molecular weight excluding hydrogens is 498 g/mol. The van der Waals surface area contributed by atoms with E-state index in [1.54, 1.807) is 54.6 Å². The van der Waals surface area contributed by atoms with E-state index >= 15 is 0 Å². The minimum atomic E-state index is -0.932. The molecule has 1 aliphatic rings. The Bertz CT molecular complexity index is 1610. The molecule has 0 bridgehead atoms. The highest BCUT2D eigenvalue weighted by Crippen LogP contribution is 2.43. The van der Waals surface area contributed by atoms with Gasteiger partial charge in [-0.2, -0.15) is 0 Å². The summed E-state index contributed by atoms with van der Waals surface area (Å²) in [5, 5.41) is 11.7. The summed E-state index contributed by atoms with van der Waals surface area (Å²) in [5.74, 6) is -2.05. The molecule has 0 saturated heterocycles. The van der Waals surface area contributed by atoms with E-state index < -0.39 is 29.5 Å². The summed E-state index contributed by atoms with van der Waals surface area (Å²) in [7, 11) is 1.50. The zero-order valence-corrected chi connectivity index (χ0v) is 21.8. The number of hydrogen-bond donors (Lipinski definition) is 1. The fourth-order valence-corrected chi connectivity index (χ4v) is 4.74. The number of para-hydroxylation sites is 1. The summed E-state index contributed by atoms with van der Waals surface area (Å²) >= 11 is 0. The Hall–Kier alpha value is -4.85. The Labute approximate surface area is 225 Å². The summed E-state index contributed by atoms with van der Waals surface area (Å²) in [6, 6.07) is 19.6. The number of rotatable bonds is 8. The van der Waals surface area contributed by atoms with Crippen molar-refractivity contribution in [3.63, 3.8) is 0 Å². The normalized spacial score (nSPS) is 15.2. The van der Waals surface area contributed by atoms with Crippen LogP contribution in [0.15, 0.2) is 88.5 Å². The molecule has 1 N–H and O–H groups in total. The van der Waals surface area contributed by atoms with E-state index in [0.29, 0.717) is 46.6 Å². The SMILES string of the molecule is CCCOC(=O)c1ccc(N2C(=O)C(O)=C(C(=O)c3cc4cccc(OC)c4o3)C2c2cccc(C)c2)cc1. The molecule has 198 valence electrons. The smallest absolute Gasteiger partial charge is 0.338 e. The number of hydrogen-bond acceptors (Lipinski definition) is 7. The maximum Gasteiger partial charge on any atom is 0.338 e. The molecule has 0 saturated carbocycles. The number of nitrogens with zero attached hydrogens (tertiary/aromatic N) is 1. The molecule has 0 fully saturated rings. The molecule has 1 amide bonds. The van der Waals surface area contributed by atoms with Crippen LogP contribution in [0.4, 0.5) is 5.69 Å². The van der Waals surface area contributed by atoms with Gasteiger partial charge in [0.25, 0.3) is 5.91 Å². The van der Waals surface area contributed by atoms with Crippen molar-refractivity contribution >= 4 is 34.3 Å². The summed E-state index contributed by atoms with van der Waals surface area (Å²) < 4.78 is 16.4. The average molecular weight is 526 g/mol. The number of methoxy groups -OCH3 is 1. The number of fused-ring (bicyclic) bond motifs is 1. The lowest BCUT2D eigenvalue weighted by molar-refractivity contribution is -0.117. The lowest BCUT2D eigenvalue weighted by Gasteiger charge is -2.27. The summed E-state index contributed by atoms with van der Waals surface area (Å²) in [6.07, 6.45) is 0.698. The van der Waals surface area contributed by atoms with Gasteiger partial charge in [0, 0.05) is 11.1 Å². The van der Waals surface area contributed by atoms with Crippen LogP contribution in [-0.4, -0.2) is 36.5 Å². The fourth-order valence-electron chi connectivity index (χ4n) is 4.74. The first-order valence-corrected chi connectivity index (χ1v) is 12.6. The number of aliphatic hydroxyl groups is 1. The largest absolute Gasteiger partial charge is 0.503 e. The number of ether oxygens (including phenoxy) is 2. The Balaban J connectivity index is 1.58. The molecule has 1 aliphatic heterocycles. The average Bonchev–Trinajstić information content (AvgIpc) is 3.50. The van der Waals surface area contributed by atoms with Gasteiger partial charge in [0.1, 0.15) is 0 Å². The molecule has 3 aromatic carbocycles. The highest BCUT2D eigenvalue weighted by Gasteiger charge is 2.45. The van der Waals surface area contributed by atoms with Crippen LogP contribution >= 0.6 is 0 Å². The lowest BCUT2D eigenvalue weighted by Crippen LogP contribution is -2.31. The molecule has 0 aliphatic carbocycles. The molecular formula is C31H27NO7. The van der Waals surface area contributed by atoms with Gasteiger partial charge in [-0.15, -0.1) is 0 Å². The number of Topliss-reactive ketones (excluding diaryl/α,β-unsaturated/α-hetero) is 1. The van der Waals surface area contributed by atoms with Crippen molar-refractivity contribution in [1.82, 2.24) is 0 Å². The number of carbonyl (C=O) groups is 3. The number of carbonyl (C=O) groups excluding carboxylic acids is 3. The summed E-state index contributed by atoms with van der Waals surface area (Å²) in [6.45, 7) is 4.11. The first kappa shape index (κ1) is 25.8. The van der Waals surface area contributed by atoms with Gasteiger partial charge in [0.05, 0.1) is 30.9 Å². The zero-order valence-electron chi connectivity index (χ0n) is 21.8. The third kappa shape index (κ3) is 4.65. The van der Waals surface area contributed by atoms with E-state index in [1.165, 1.54) is 12.0 Å². The van der Waals surface area contributed by atoms with Crippen molar-refractivity contribution < 1.29 is 33.4 Å². The topological polar surface area (TPSA) is 106 Å². The second kappa shape index (κ2) is 10.5. The van der Waals surface area contributed by atoms with E-state index in [2.05, 4.69) is 0 Å². The molecule has 1 atom stereocenters. The Morgan fingerprint density at radius 2 is 1.77 bits per heavy atom. The lowest BCUT2D eigenvalue weighted by atomic mass is 9.93. The van der Waals surface area contributed by atoms with Gasteiger partial charge in [-0.05, 0) is 55.3 Å². The molecule has 0 spiro atoms. The van der Waals surface area contributed by atoms with Gasteiger partial charge in [-0.25, -0.2) is 4.79 Å². The van der Waals surface area contributed by atoms with Crippen LogP contribution in [0.25, 0.3) is 11.0 Å². The second-order valence-corrected chi connectivity index (χ2v) is 9.26. The van der Waals surface area contributed by atoms with Crippen LogP contribution in [0.2, 0.25) is 0 Å². The third-order valence-corrected chi connectivity index (χ3v) is 6.58. The molecule has 1 aromatic heterocycles. The molecule has 5 rings (SSSR count). The number of benzene rings is 3.